The number of para-hydroxylation sites is 2. The number of hydrogen-bond acceptors (Lipinski definition) is 3. The topological polar surface area (TPSA) is 27.3 Å². The van der Waals surface area contributed by atoms with Crippen molar-refractivity contribution in [3.8, 4) is 0 Å². The van der Waals surface area contributed by atoms with Crippen LogP contribution in [0.4, 0.5) is 11.4 Å². The molecule has 0 aliphatic rings. The second-order valence-electron chi connectivity index (χ2n) is 7.40. The molecule has 0 bridgehead atoms. The van der Waals surface area contributed by atoms with Gasteiger partial charge in [-0.15, -0.1) is 0 Å². The first-order chi connectivity index (χ1) is 12.5. The zero-order chi connectivity index (χ0) is 18.9. The molecule has 0 saturated carbocycles. The van der Waals surface area contributed by atoms with Crippen LogP contribution in [0.2, 0.25) is 0 Å². The van der Waals surface area contributed by atoms with Gasteiger partial charge in [-0.25, -0.2) is 0 Å². The van der Waals surface area contributed by atoms with Crippen molar-refractivity contribution >= 4 is 11.4 Å². The third-order valence-corrected chi connectivity index (χ3v) is 5.00. The molecule has 0 spiro atoms. The van der Waals surface area contributed by atoms with Crippen LogP contribution in [0.15, 0.2) is 36.4 Å². The summed E-state index contributed by atoms with van der Waals surface area (Å²) in [4.78, 5) is 2.43. The summed E-state index contributed by atoms with van der Waals surface area (Å²) in [5.41, 5.74) is 7.92. The van der Waals surface area contributed by atoms with Crippen LogP contribution >= 0.6 is 0 Å². The van der Waals surface area contributed by atoms with Crippen molar-refractivity contribution in [1.29, 1.82) is 0 Å². The summed E-state index contributed by atoms with van der Waals surface area (Å²) in [5, 5.41) is 7.20. The molecule has 2 aromatic carbocycles. The fourth-order valence-corrected chi connectivity index (χ4v) is 3.42. The molecule has 0 amide bonds. The average molecular weight is 572 g/mol. The van der Waals surface area contributed by atoms with Crippen molar-refractivity contribution in [2.24, 2.45) is 0 Å². The molecular formula is C23H35Br2CoN3. The van der Waals surface area contributed by atoms with Crippen LogP contribution in [0.1, 0.15) is 35.1 Å². The van der Waals surface area contributed by atoms with Crippen LogP contribution in [0.3, 0.4) is 0 Å². The van der Waals surface area contributed by atoms with Crippen LogP contribution in [0.25, 0.3) is 0 Å². The number of nitrogens with one attached hydrogen (secondary N) is 2. The number of hydrogen-bond donors (Lipinski definition) is 2. The van der Waals surface area contributed by atoms with Gasteiger partial charge in [0.05, 0.1) is 0 Å². The van der Waals surface area contributed by atoms with Gasteiger partial charge in [0.25, 0.3) is 0 Å². The Hall–Kier alpha value is -0.534. The Balaban J connectivity index is 0. The Kier molecular flexibility index (Phi) is 17.1. The maximum atomic E-state index is 3.60. The molecule has 29 heavy (non-hydrogen) atoms. The Bertz CT molecular complexity index is 611. The van der Waals surface area contributed by atoms with E-state index < -0.39 is 0 Å². The number of halogens is 2. The van der Waals surface area contributed by atoms with E-state index in [0.717, 1.165) is 39.0 Å². The fraction of sp³-hybridized carbons (Fsp3) is 0.478. The zero-order valence-corrected chi connectivity index (χ0v) is 22.5. The first-order valence-corrected chi connectivity index (χ1v) is 9.77. The van der Waals surface area contributed by atoms with E-state index in [1.807, 2.05) is 0 Å². The summed E-state index contributed by atoms with van der Waals surface area (Å²) in [5.74, 6) is 0. The van der Waals surface area contributed by atoms with Gasteiger partial charge in [-0.1, -0.05) is 36.4 Å². The Morgan fingerprint density at radius 1 is 0.655 bits per heavy atom. The van der Waals surface area contributed by atoms with Gasteiger partial charge in [0, 0.05) is 24.5 Å². The predicted octanol–water partition coefficient (Wildman–Crippen LogP) is -0.838. The molecule has 165 valence electrons. The molecule has 0 aromatic heterocycles. The SMILES string of the molecule is Cc1cccc(C)c1NCCCN(C)CCCNc1c(C)cccc1C.[Br-].[Br-].[Co+2]. The van der Waals surface area contributed by atoms with Gasteiger partial charge in [0.1, 0.15) is 0 Å². The van der Waals surface area contributed by atoms with E-state index in [2.05, 4.69) is 86.7 Å². The number of rotatable bonds is 10. The summed E-state index contributed by atoms with van der Waals surface area (Å²) in [7, 11) is 2.22. The van der Waals surface area contributed by atoms with Gasteiger partial charge in [0.15, 0.2) is 0 Å². The molecule has 0 aliphatic heterocycles. The summed E-state index contributed by atoms with van der Waals surface area (Å²) in [6, 6.07) is 12.9. The minimum atomic E-state index is 0. The van der Waals surface area contributed by atoms with Gasteiger partial charge in [-0.3, -0.25) is 0 Å². The van der Waals surface area contributed by atoms with Gasteiger partial charge in [0.2, 0.25) is 0 Å². The number of benzene rings is 2. The number of anilines is 2. The largest absolute Gasteiger partial charge is 2.00 e. The molecule has 0 aliphatic carbocycles. The summed E-state index contributed by atoms with van der Waals surface area (Å²) in [6.45, 7) is 13.0. The molecular weight excluding hydrogens is 537 g/mol. The van der Waals surface area contributed by atoms with E-state index in [4.69, 9.17) is 0 Å². The third kappa shape index (κ3) is 10.4. The number of aryl methyl sites for hydroxylation is 4. The smallest absolute Gasteiger partial charge is 1.00 e. The molecule has 0 unspecified atom stereocenters. The molecule has 0 heterocycles. The van der Waals surface area contributed by atoms with E-state index >= 15 is 0 Å². The van der Waals surface area contributed by atoms with Gasteiger partial charge < -0.3 is 49.5 Å². The molecule has 0 fully saturated rings. The molecule has 1 radical (unpaired) electrons. The van der Waals surface area contributed by atoms with Gasteiger partial charge >= 0.3 is 16.8 Å². The van der Waals surface area contributed by atoms with E-state index in [9.17, 15) is 0 Å². The number of nitrogens with zero attached hydrogens (tertiary/aromatic N) is 1. The van der Waals surface area contributed by atoms with E-state index in [0.29, 0.717) is 0 Å². The monoisotopic (exact) mass is 570 g/mol. The van der Waals surface area contributed by atoms with Crippen molar-refractivity contribution in [3.05, 3.63) is 58.7 Å². The quantitative estimate of drug-likeness (QED) is 0.364. The molecule has 2 aromatic rings. The Morgan fingerprint density at radius 3 is 1.28 bits per heavy atom. The third-order valence-electron chi connectivity index (χ3n) is 5.00. The van der Waals surface area contributed by atoms with Crippen molar-refractivity contribution in [1.82, 2.24) is 4.90 Å². The van der Waals surface area contributed by atoms with Crippen LogP contribution in [-0.2, 0) is 16.8 Å². The molecule has 0 atom stereocenters. The maximum Gasteiger partial charge on any atom is 2.00 e. The van der Waals surface area contributed by atoms with Crippen molar-refractivity contribution in [3.63, 3.8) is 0 Å². The maximum absolute atomic E-state index is 3.60. The summed E-state index contributed by atoms with van der Waals surface area (Å²) in [6.07, 6.45) is 2.32. The minimum Gasteiger partial charge on any atom is -1.00 e. The minimum absolute atomic E-state index is 0. The molecule has 6 heteroatoms. The van der Waals surface area contributed by atoms with Gasteiger partial charge in [-0.2, -0.15) is 0 Å². The normalized spacial score (nSPS) is 9.86. The molecule has 0 saturated heterocycles. The molecule has 3 nitrogen and oxygen atoms in total. The fourth-order valence-electron chi connectivity index (χ4n) is 3.42. The van der Waals surface area contributed by atoms with Crippen LogP contribution in [0, 0.1) is 27.7 Å². The standard InChI is InChI=1S/C23H35N3.2BrH.Co/c1-18-10-6-11-19(2)22(18)24-14-8-16-26(5)17-9-15-25-23-20(3)12-7-13-21(23)4;;;/h6-7,10-13,24-25H,8-9,14-17H2,1-5H3;2*1H;/q;;;+2/p-2. The first kappa shape index (κ1) is 30.7. The van der Waals surface area contributed by atoms with Crippen LogP contribution < -0.4 is 44.6 Å². The van der Waals surface area contributed by atoms with E-state index in [1.54, 1.807) is 0 Å². The van der Waals surface area contributed by atoms with Crippen molar-refractivity contribution in [2.45, 2.75) is 40.5 Å². The van der Waals surface area contributed by atoms with Crippen molar-refractivity contribution < 1.29 is 50.7 Å². The second-order valence-corrected chi connectivity index (χ2v) is 7.40. The van der Waals surface area contributed by atoms with Crippen molar-refractivity contribution in [2.75, 3.05) is 43.9 Å². The van der Waals surface area contributed by atoms with E-state index in [-0.39, 0.29) is 50.7 Å². The van der Waals surface area contributed by atoms with E-state index in [1.165, 1.54) is 33.6 Å². The second kappa shape index (κ2) is 16.2. The van der Waals surface area contributed by atoms with Crippen LogP contribution in [-0.4, -0.2) is 38.1 Å². The van der Waals surface area contributed by atoms with Crippen LogP contribution in [0.5, 0.6) is 0 Å². The Morgan fingerprint density at radius 2 is 0.966 bits per heavy atom. The van der Waals surface area contributed by atoms with Gasteiger partial charge in [-0.05, 0) is 82.9 Å². The Labute approximate surface area is 209 Å². The summed E-state index contributed by atoms with van der Waals surface area (Å²) < 4.78 is 0. The first-order valence-electron chi connectivity index (χ1n) is 9.77. The predicted molar refractivity (Wildman–Crippen MR) is 116 cm³/mol. The average Bonchev–Trinajstić information content (AvgIpc) is 2.59. The zero-order valence-electron chi connectivity index (χ0n) is 18.2. The molecule has 2 N–H and O–H groups in total. The molecule has 2 rings (SSSR count). The summed E-state index contributed by atoms with van der Waals surface area (Å²) >= 11 is 0.